The van der Waals surface area contributed by atoms with Crippen LogP contribution in [0.5, 0.6) is 0 Å². The van der Waals surface area contributed by atoms with E-state index in [1.807, 2.05) is 28.8 Å². The lowest BCUT2D eigenvalue weighted by Gasteiger charge is -2.46. The van der Waals surface area contributed by atoms with Crippen LogP contribution in [0.4, 0.5) is 0 Å². The van der Waals surface area contributed by atoms with E-state index in [0.717, 1.165) is 22.2 Å². The highest BCUT2D eigenvalue weighted by Crippen LogP contribution is 2.48. The van der Waals surface area contributed by atoms with E-state index < -0.39 is 43.2 Å². The van der Waals surface area contributed by atoms with Gasteiger partial charge in [-0.15, -0.1) is 6.58 Å². The number of para-hydroxylation sites is 1. The van der Waals surface area contributed by atoms with Crippen molar-refractivity contribution >= 4 is 16.9 Å². The van der Waals surface area contributed by atoms with Gasteiger partial charge < -0.3 is 44.5 Å². The Hall–Kier alpha value is -2.73. The third-order valence-electron chi connectivity index (χ3n) is 8.15. The molecule has 1 aromatic carbocycles. The van der Waals surface area contributed by atoms with Gasteiger partial charge in [-0.2, -0.15) is 0 Å². The monoisotopic (exact) mass is 514 g/mol. The van der Waals surface area contributed by atoms with Crippen LogP contribution >= 0.6 is 0 Å². The summed E-state index contributed by atoms with van der Waals surface area (Å²) >= 11 is 0. The highest BCUT2D eigenvalue weighted by molar-refractivity contribution is 5.89. The number of hydrogen-bond acceptors (Lipinski definition) is 9. The zero-order chi connectivity index (χ0) is 26.4. The van der Waals surface area contributed by atoms with Crippen molar-refractivity contribution in [2.75, 3.05) is 26.9 Å². The number of carbonyl (C=O) groups is 1. The van der Waals surface area contributed by atoms with E-state index >= 15 is 0 Å². The SMILES string of the molecule is C=C[C@@H](CO)[C@H]1C[C@H]2c3c(c4ccccc4n3[C@@H]3O[C@H](CO)[C@@H](O)[C@H](O)[C@H]3O)CCN2C=C1C(=O)OC. The molecule has 8 atom stereocenters. The van der Waals surface area contributed by atoms with E-state index in [2.05, 4.69) is 11.5 Å². The fourth-order valence-corrected chi connectivity index (χ4v) is 6.24. The van der Waals surface area contributed by atoms with Gasteiger partial charge in [-0.25, -0.2) is 4.79 Å². The van der Waals surface area contributed by atoms with Crippen LogP contribution in [0.15, 0.2) is 48.7 Å². The minimum absolute atomic E-state index is 0.183. The second kappa shape index (κ2) is 10.2. The van der Waals surface area contributed by atoms with Crippen molar-refractivity contribution in [3.05, 3.63) is 60.0 Å². The van der Waals surface area contributed by atoms with E-state index in [4.69, 9.17) is 9.47 Å². The van der Waals surface area contributed by atoms with Crippen LogP contribution in [0, 0.1) is 11.8 Å². The van der Waals surface area contributed by atoms with Gasteiger partial charge in [-0.1, -0.05) is 24.3 Å². The molecule has 3 aliphatic heterocycles. The molecule has 0 radical (unpaired) electrons. The Labute approximate surface area is 214 Å². The van der Waals surface area contributed by atoms with Crippen LogP contribution < -0.4 is 0 Å². The Kier molecular flexibility index (Phi) is 7.14. The summed E-state index contributed by atoms with van der Waals surface area (Å²) in [6.07, 6.45) is -1.97. The number of aliphatic hydroxyl groups is 5. The number of aromatic nitrogens is 1. The predicted octanol–water partition coefficient (Wildman–Crippen LogP) is 0.384. The summed E-state index contributed by atoms with van der Waals surface area (Å²) in [4.78, 5) is 14.8. The summed E-state index contributed by atoms with van der Waals surface area (Å²) in [5, 5.41) is 52.8. The number of esters is 1. The Morgan fingerprint density at radius 2 is 1.97 bits per heavy atom. The molecule has 4 heterocycles. The summed E-state index contributed by atoms with van der Waals surface area (Å²) in [7, 11) is 1.33. The lowest BCUT2D eigenvalue weighted by molar-refractivity contribution is -0.251. The molecule has 1 fully saturated rings. The molecule has 1 aromatic heterocycles. The first-order chi connectivity index (χ1) is 17.9. The summed E-state index contributed by atoms with van der Waals surface area (Å²) in [6, 6.07) is 7.49. The normalized spacial score (nSPS) is 32.3. The molecule has 2 aromatic rings. The number of benzene rings is 1. The Morgan fingerprint density at radius 3 is 2.65 bits per heavy atom. The van der Waals surface area contributed by atoms with Crippen molar-refractivity contribution in [2.24, 2.45) is 11.8 Å². The lowest BCUT2D eigenvalue weighted by atomic mass is 9.77. The zero-order valence-corrected chi connectivity index (χ0v) is 20.7. The van der Waals surface area contributed by atoms with E-state index in [1.54, 1.807) is 12.3 Å². The molecule has 0 amide bonds. The van der Waals surface area contributed by atoms with Crippen LogP contribution in [0.25, 0.3) is 10.9 Å². The quantitative estimate of drug-likeness (QED) is 0.273. The van der Waals surface area contributed by atoms with Gasteiger partial charge in [0.2, 0.25) is 0 Å². The number of nitrogens with zero attached hydrogens (tertiary/aromatic N) is 2. The van der Waals surface area contributed by atoms with Crippen LogP contribution in [0.2, 0.25) is 0 Å². The largest absolute Gasteiger partial charge is 0.466 e. The van der Waals surface area contributed by atoms with Gasteiger partial charge in [-0.3, -0.25) is 0 Å². The van der Waals surface area contributed by atoms with Gasteiger partial charge in [0.05, 0.1) is 30.8 Å². The molecule has 3 aliphatic rings. The van der Waals surface area contributed by atoms with Crippen LogP contribution in [-0.2, 0) is 20.7 Å². The number of hydrogen-bond donors (Lipinski definition) is 5. The number of aliphatic hydroxyl groups excluding tert-OH is 5. The highest BCUT2D eigenvalue weighted by Gasteiger charge is 2.48. The summed E-state index contributed by atoms with van der Waals surface area (Å²) in [6.45, 7) is 3.79. The average molecular weight is 515 g/mol. The third kappa shape index (κ3) is 4.08. The lowest BCUT2D eigenvalue weighted by Crippen LogP contribution is -2.56. The van der Waals surface area contributed by atoms with Crippen molar-refractivity contribution in [3.63, 3.8) is 0 Å². The maximum absolute atomic E-state index is 12.7. The van der Waals surface area contributed by atoms with E-state index in [1.165, 1.54) is 7.11 Å². The molecule has 0 spiro atoms. The Bertz CT molecular complexity index is 1210. The van der Waals surface area contributed by atoms with Crippen molar-refractivity contribution in [3.8, 4) is 0 Å². The van der Waals surface area contributed by atoms with Crippen LogP contribution in [0.1, 0.15) is 29.9 Å². The molecule has 5 N–H and O–H groups in total. The third-order valence-corrected chi connectivity index (χ3v) is 8.15. The molecular weight excluding hydrogens is 480 g/mol. The Balaban J connectivity index is 1.68. The minimum atomic E-state index is -1.52. The molecule has 10 heteroatoms. The molecule has 0 saturated carbocycles. The van der Waals surface area contributed by atoms with E-state index in [-0.39, 0.29) is 24.5 Å². The molecule has 200 valence electrons. The second-order valence-electron chi connectivity index (χ2n) is 9.97. The predicted molar refractivity (Wildman–Crippen MR) is 133 cm³/mol. The van der Waals surface area contributed by atoms with E-state index in [9.17, 15) is 30.3 Å². The van der Waals surface area contributed by atoms with Gasteiger partial charge in [0, 0.05) is 42.3 Å². The Morgan fingerprint density at radius 1 is 1.22 bits per heavy atom. The molecule has 0 bridgehead atoms. The smallest absolute Gasteiger partial charge is 0.335 e. The fraction of sp³-hybridized carbons (Fsp3) is 0.519. The van der Waals surface area contributed by atoms with E-state index in [0.29, 0.717) is 25.0 Å². The van der Waals surface area contributed by atoms with Gasteiger partial charge in [0.15, 0.2) is 6.23 Å². The number of carbonyl (C=O) groups excluding carboxylic acids is 1. The highest BCUT2D eigenvalue weighted by atomic mass is 16.6. The minimum Gasteiger partial charge on any atom is -0.466 e. The van der Waals surface area contributed by atoms with Crippen molar-refractivity contribution in [1.82, 2.24) is 9.47 Å². The first kappa shape index (κ1) is 25.9. The maximum atomic E-state index is 12.7. The molecule has 0 unspecified atom stereocenters. The fourth-order valence-electron chi connectivity index (χ4n) is 6.24. The summed E-state index contributed by atoms with van der Waals surface area (Å²) < 4.78 is 12.9. The molecule has 0 aliphatic carbocycles. The van der Waals surface area contributed by atoms with Crippen molar-refractivity contribution in [1.29, 1.82) is 0 Å². The van der Waals surface area contributed by atoms with Crippen molar-refractivity contribution < 1.29 is 39.8 Å². The number of methoxy groups -OCH3 is 1. The summed E-state index contributed by atoms with van der Waals surface area (Å²) in [5.74, 6) is -1.18. The zero-order valence-electron chi connectivity index (χ0n) is 20.7. The van der Waals surface area contributed by atoms with Gasteiger partial charge in [0.1, 0.15) is 24.4 Å². The first-order valence-electron chi connectivity index (χ1n) is 12.6. The average Bonchev–Trinajstić information content (AvgIpc) is 3.26. The standard InChI is InChI=1S/C27H34N2O8/c1-3-14(12-30)17-10-20-22-16(8-9-28(20)11-18(17)27(35)36-2)15-6-4-5-7-19(15)29(22)26-25(34)24(33)23(32)21(13-31)37-26/h3-7,11,14,17,20-21,23-26,30-34H,1,8-10,12-13H2,2H3/t14-,17+,20-,21+,23+,24-,25+,26+/m0/s1. The van der Waals surface area contributed by atoms with Crippen LogP contribution in [0.3, 0.4) is 0 Å². The second-order valence-corrected chi connectivity index (χ2v) is 9.97. The number of fused-ring (bicyclic) bond motifs is 5. The molecule has 1 saturated heterocycles. The molecule has 10 nitrogen and oxygen atoms in total. The molecule has 5 rings (SSSR count). The maximum Gasteiger partial charge on any atom is 0.335 e. The molecule has 37 heavy (non-hydrogen) atoms. The number of rotatable bonds is 6. The van der Waals surface area contributed by atoms with Gasteiger partial charge in [0.25, 0.3) is 0 Å². The van der Waals surface area contributed by atoms with Gasteiger partial charge in [-0.05, 0) is 24.5 Å². The topological polar surface area (TPSA) is 145 Å². The van der Waals surface area contributed by atoms with Crippen LogP contribution in [-0.4, -0.2) is 92.3 Å². The summed E-state index contributed by atoms with van der Waals surface area (Å²) in [5.41, 5.74) is 3.20. The number of ether oxygens (including phenoxy) is 2. The van der Waals surface area contributed by atoms with Gasteiger partial charge >= 0.3 is 5.97 Å². The first-order valence-corrected chi connectivity index (χ1v) is 12.6. The molecular formula is C27H34N2O8. The van der Waals surface area contributed by atoms with Crippen molar-refractivity contribution in [2.45, 2.75) is 49.5 Å².